The summed E-state index contributed by atoms with van der Waals surface area (Å²) >= 11 is 5.35. The highest BCUT2D eigenvalue weighted by atomic mass is 32.1. The molecular formula is C12H16N2OS. The van der Waals surface area contributed by atoms with Crippen LogP contribution < -0.4 is 0 Å². The average molecular weight is 236 g/mol. The minimum Gasteiger partial charge on any atom is -0.383 e. The summed E-state index contributed by atoms with van der Waals surface area (Å²) < 4.78 is 8.05. The first kappa shape index (κ1) is 11.4. The van der Waals surface area contributed by atoms with E-state index in [0.29, 0.717) is 6.61 Å². The Balaban J connectivity index is 2.65. The van der Waals surface area contributed by atoms with E-state index in [1.807, 2.05) is 0 Å². The number of aromatic amines is 1. The molecule has 86 valence electrons. The lowest BCUT2D eigenvalue weighted by Gasteiger charge is -2.13. The number of nitrogens with zero attached hydrogens (tertiary/aromatic N) is 1. The van der Waals surface area contributed by atoms with E-state index in [0.717, 1.165) is 15.8 Å². The van der Waals surface area contributed by atoms with Crippen molar-refractivity contribution in [3.05, 3.63) is 28.5 Å². The Morgan fingerprint density at radius 3 is 2.94 bits per heavy atom. The number of methoxy groups -OCH3 is 1. The zero-order valence-corrected chi connectivity index (χ0v) is 10.6. The van der Waals surface area contributed by atoms with E-state index < -0.39 is 0 Å². The molecule has 0 saturated carbocycles. The van der Waals surface area contributed by atoms with Crippen LogP contribution in [0.15, 0.2) is 18.2 Å². The lowest BCUT2D eigenvalue weighted by Crippen LogP contribution is -2.10. The molecule has 0 spiro atoms. The molecule has 16 heavy (non-hydrogen) atoms. The molecule has 0 fully saturated rings. The molecule has 2 aromatic rings. The van der Waals surface area contributed by atoms with E-state index in [-0.39, 0.29) is 6.04 Å². The number of imidazole rings is 1. The first-order valence-corrected chi connectivity index (χ1v) is 5.74. The highest BCUT2D eigenvalue weighted by Crippen LogP contribution is 2.21. The van der Waals surface area contributed by atoms with Crippen molar-refractivity contribution >= 4 is 23.3 Å². The number of rotatable bonds is 3. The molecular weight excluding hydrogens is 220 g/mol. The minimum atomic E-state index is 0.244. The van der Waals surface area contributed by atoms with Crippen molar-refractivity contribution in [1.82, 2.24) is 9.55 Å². The van der Waals surface area contributed by atoms with Crippen LogP contribution in [0.5, 0.6) is 0 Å². The standard InChI is InChI=1S/C12H16N2OS/c1-8-5-4-6-10-11(8)13-12(16)14(10)9(2)7-15-3/h4-6,9H,7H2,1-3H3,(H,13,16). The lowest BCUT2D eigenvalue weighted by atomic mass is 10.2. The van der Waals surface area contributed by atoms with E-state index in [9.17, 15) is 0 Å². The van der Waals surface area contributed by atoms with Crippen molar-refractivity contribution < 1.29 is 4.74 Å². The van der Waals surface area contributed by atoms with Crippen molar-refractivity contribution in [3.63, 3.8) is 0 Å². The first-order valence-electron chi connectivity index (χ1n) is 5.34. The van der Waals surface area contributed by atoms with Gasteiger partial charge in [-0.15, -0.1) is 0 Å². The van der Waals surface area contributed by atoms with Gasteiger partial charge in [-0.05, 0) is 37.7 Å². The second-order valence-electron chi connectivity index (χ2n) is 4.07. The van der Waals surface area contributed by atoms with Crippen LogP contribution in [0.25, 0.3) is 11.0 Å². The normalized spacial score (nSPS) is 13.2. The molecule has 1 N–H and O–H groups in total. The number of H-pyrrole nitrogens is 1. The molecule has 0 aliphatic carbocycles. The smallest absolute Gasteiger partial charge is 0.178 e. The number of nitrogens with one attached hydrogen (secondary N) is 1. The van der Waals surface area contributed by atoms with Gasteiger partial charge in [0.1, 0.15) is 0 Å². The maximum Gasteiger partial charge on any atom is 0.178 e. The van der Waals surface area contributed by atoms with E-state index in [1.165, 1.54) is 5.56 Å². The second-order valence-corrected chi connectivity index (χ2v) is 4.46. The number of hydrogen-bond donors (Lipinski definition) is 1. The van der Waals surface area contributed by atoms with Gasteiger partial charge >= 0.3 is 0 Å². The molecule has 0 radical (unpaired) electrons. The first-order chi connectivity index (χ1) is 7.65. The van der Waals surface area contributed by atoms with Crippen LogP contribution in [-0.2, 0) is 4.74 Å². The van der Waals surface area contributed by atoms with Gasteiger partial charge in [-0.2, -0.15) is 0 Å². The van der Waals surface area contributed by atoms with Crippen molar-refractivity contribution in [2.45, 2.75) is 19.9 Å². The van der Waals surface area contributed by atoms with Crippen molar-refractivity contribution in [2.24, 2.45) is 0 Å². The third-order valence-electron chi connectivity index (χ3n) is 2.81. The van der Waals surface area contributed by atoms with Crippen molar-refractivity contribution in [2.75, 3.05) is 13.7 Å². The number of fused-ring (bicyclic) bond motifs is 1. The fourth-order valence-electron chi connectivity index (χ4n) is 2.05. The van der Waals surface area contributed by atoms with Gasteiger partial charge < -0.3 is 14.3 Å². The fourth-order valence-corrected chi connectivity index (χ4v) is 2.43. The molecule has 0 aliphatic heterocycles. The Morgan fingerprint density at radius 1 is 1.50 bits per heavy atom. The zero-order valence-electron chi connectivity index (χ0n) is 9.78. The van der Waals surface area contributed by atoms with E-state index >= 15 is 0 Å². The minimum absolute atomic E-state index is 0.244. The largest absolute Gasteiger partial charge is 0.383 e. The van der Waals surface area contributed by atoms with Crippen LogP contribution in [0.4, 0.5) is 0 Å². The van der Waals surface area contributed by atoms with Gasteiger partial charge in [-0.1, -0.05) is 12.1 Å². The summed E-state index contributed by atoms with van der Waals surface area (Å²) in [6.45, 7) is 4.85. The number of hydrogen-bond acceptors (Lipinski definition) is 2. The highest BCUT2D eigenvalue weighted by Gasteiger charge is 2.11. The van der Waals surface area contributed by atoms with Gasteiger partial charge in [0.2, 0.25) is 0 Å². The molecule has 0 amide bonds. The van der Waals surface area contributed by atoms with Gasteiger partial charge in [0, 0.05) is 7.11 Å². The van der Waals surface area contributed by atoms with E-state index in [1.54, 1.807) is 7.11 Å². The van der Waals surface area contributed by atoms with E-state index in [4.69, 9.17) is 17.0 Å². The van der Waals surface area contributed by atoms with Crippen LogP contribution in [0.3, 0.4) is 0 Å². The summed E-state index contributed by atoms with van der Waals surface area (Å²) in [7, 11) is 1.71. The maximum atomic E-state index is 5.35. The lowest BCUT2D eigenvalue weighted by molar-refractivity contribution is 0.163. The average Bonchev–Trinajstić information content (AvgIpc) is 2.56. The molecule has 1 atom stereocenters. The highest BCUT2D eigenvalue weighted by molar-refractivity contribution is 7.71. The van der Waals surface area contributed by atoms with Gasteiger partial charge in [-0.3, -0.25) is 0 Å². The van der Waals surface area contributed by atoms with Gasteiger partial charge in [0.05, 0.1) is 23.7 Å². The Labute approximate surface area is 100 Å². The molecule has 1 heterocycles. The summed E-state index contributed by atoms with van der Waals surface area (Å²) in [5.41, 5.74) is 3.48. The number of benzene rings is 1. The Hall–Kier alpha value is -1.13. The van der Waals surface area contributed by atoms with E-state index in [2.05, 4.69) is 41.6 Å². The molecule has 3 nitrogen and oxygen atoms in total. The molecule has 0 bridgehead atoms. The Kier molecular flexibility index (Phi) is 3.12. The molecule has 1 aromatic carbocycles. The van der Waals surface area contributed by atoms with Crippen LogP contribution >= 0.6 is 12.2 Å². The van der Waals surface area contributed by atoms with Crippen molar-refractivity contribution in [3.8, 4) is 0 Å². The molecule has 0 aliphatic rings. The summed E-state index contributed by atoms with van der Waals surface area (Å²) in [6, 6.07) is 6.46. The predicted molar refractivity (Wildman–Crippen MR) is 68.4 cm³/mol. The molecule has 1 unspecified atom stereocenters. The molecule has 2 rings (SSSR count). The summed E-state index contributed by atoms with van der Waals surface area (Å²) in [5, 5.41) is 0. The monoisotopic (exact) mass is 236 g/mol. The molecule has 0 saturated heterocycles. The number of aromatic nitrogens is 2. The fraction of sp³-hybridized carbons (Fsp3) is 0.417. The topological polar surface area (TPSA) is 29.9 Å². The number of ether oxygens (including phenoxy) is 1. The SMILES string of the molecule is COCC(C)n1c(=S)[nH]c2c(C)cccc21. The summed E-state index contributed by atoms with van der Waals surface area (Å²) in [6.07, 6.45) is 0. The quantitative estimate of drug-likeness (QED) is 0.829. The third-order valence-corrected chi connectivity index (χ3v) is 3.11. The summed E-state index contributed by atoms with van der Waals surface area (Å²) in [5.74, 6) is 0. The van der Waals surface area contributed by atoms with Crippen molar-refractivity contribution in [1.29, 1.82) is 0 Å². The summed E-state index contributed by atoms with van der Waals surface area (Å²) in [4.78, 5) is 3.26. The Bertz CT molecular complexity index is 556. The number of para-hydroxylation sites is 1. The second kappa shape index (κ2) is 4.39. The number of aryl methyl sites for hydroxylation is 1. The third kappa shape index (κ3) is 1.79. The van der Waals surface area contributed by atoms with Crippen LogP contribution in [0.1, 0.15) is 18.5 Å². The van der Waals surface area contributed by atoms with Gasteiger partial charge in [-0.25, -0.2) is 0 Å². The zero-order chi connectivity index (χ0) is 11.7. The van der Waals surface area contributed by atoms with Crippen LogP contribution in [-0.4, -0.2) is 23.3 Å². The molecule has 1 aromatic heterocycles. The molecule has 4 heteroatoms. The van der Waals surface area contributed by atoms with Crippen LogP contribution in [0.2, 0.25) is 0 Å². The van der Waals surface area contributed by atoms with Crippen LogP contribution in [0, 0.1) is 11.7 Å². The van der Waals surface area contributed by atoms with Gasteiger partial charge in [0.25, 0.3) is 0 Å². The predicted octanol–water partition coefficient (Wildman–Crippen LogP) is 3.21. The van der Waals surface area contributed by atoms with Gasteiger partial charge in [0.15, 0.2) is 4.77 Å². The Morgan fingerprint density at radius 2 is 2.25 bits per heavy atom. The maximum absolute atomic E-state index is 5.35.